The summed E-state index contributed by atoms with van der Waals surface area (Å²) in [5.74, 6) is 2.61. The van der Waals surface area contributed by atoms with Crippen LogP contribution in [0.15, 0.2) is 24.4 Å². The maximum atomic E-state index is 12.9. The van der Waals surface area contributed by atoms with E-state index in [1.807, 2.05) is 29.3 Å². The molecule has 1 amide bonds. The normalized spacial score (nSPS) is 19.1. The van der Waals surface area contributed by atoms with Gasteiger partial charge in [-0.3, -0.25) is 4.79 Å². The number of carbonyl (C=O) groups is 1. The van der Waals surface area contributed by atoms with Gasteiger partial charge in [0.1, 0.15) is 17.3 Å². The van der Waals surface area contributed by atoms with Crippen molar-refractivity contribution < 1.29 is 14.3 Å². The Morgan fingerprint density at radius 1 is 1.24 bits per heavy atom. The summed E-state index contributed by atoms with van der Waals surface area (Å²) >= 11 is 0. The number of hydrogen-bond donors (Lipinski definition) is 0. The number of ether oxygens (including phenoxy) is 2. The molecule has 7 heteroatoms. The van der Waals surface area contributed by atoms with Crippen LogP contribution in [0.5, 0.6) is 11.5 Å². The average Bonchev–Trinajstić information content (AvgIpc) is 3.23. The molecule has 0 spiro atoms. The van der Waals surface area contributed by atoms with E-state index in [4.69, 9.17) is 14.5 Å². The second-order valence-corrected chi connectivity index (χ2v) is 7.87. The molecule has 154 valence electrons. The van der Waals surface area contributed by atoms with Crippen molar-refractivity contribution in [3.05, 3.63) is 47.0 Å². The minimum Gasteiger partial charge on any atom is -0.497 e. The number of aromatic nitrogens is 2. The van der Waals surface area contributed by atoms with E-state index in [0.29, 0.717) is 18.7 Å². The number of benzene rings is 1. The first-order valence-electron chi connectivity index (χ1n) is 10.1. The number of methoxy groups -OCH3 is 2. The van der Waals surface area contributed by atoms with Gasteiger partial charge in [-0.1, -0.05) is 0 Å². The lowest BCUT2D eigenvalue weighted by atomic mass is 10.1. The molecule has 0 unspecified atom stereocenters. The molecule has 0 saturated carbocycles. The predicted molar refractivity (Wildman–Crippen MR) is 109 cm³/mol. The Balaban J connectivity index is 1.43. The third kappa shape index (κ3) is 4.19. The highest BCUT2D eigenvalue weighted by atomic mass is 16.5. The summed E-state index contributed by atoms with van der Waals surface area (Å²) in [5.41, 5.74) is 3.23. The van der Waals surface area contributed by atoms with Crippen LogP contribution >= 0.6 is 0 Å². The lowest BCUT2D eigenvalue weighted by Crippen LogP contribution is -2.30. The molecule has 4 rings (SSSR count). The molecule has 0 N–H and O–H groups in total. The molecular weight excluding hydrogens is 368 g/mol. The summed E-state index contributed by atoms with van der Waals surface area (Å²) in [6, 6.07) is 5.55. The maximum Gasteiger partial charge on any atom is 0.227 e. The van der Waals surface area contributed by atoms with Gasteiger partial charge in [0, 0.05) is 61.5 Å². The van der Waals surface area contributed by atoms with Gasteiger partial charge in [-0.2, -0.15) is 0 Å². The third-order valence-electron chi connectivity index (χ3n) is 5.88. The van der Waals surface area contributed by atoms with Crippen LogP contribution in [0.3, 0.4) is 0 Å². The summed E-state index contributed by atoms with van der Waals surface area (Å²) in [7, 11) is 5.36. The fourth-order valence-corrected chi connectivity index (χ4v) is 4.16. The molecule has 1 aromatic heterocycles. The quantitative estimate of drug-likeness (QED) is 0.771. The zero-order chi connectivity index (χ0) is 20.4. The largest absolute Gasteiger partial charge is 0.497 e. The molecule has 0 radical (unpaired) electrons. The van der Waals surface area contributed by atoms with Gasteiger partial charge in [-0.05, 0) is 31.7 Å². The fraction of sp³-hybridized carbons (Fsp3) is 0.500. The minimum absolute atomic E-state index is 0.0960. The number of nitrogens with zero attached hydrogens (tertiary/aromatic N) is 4. The molecular formula is C22H28N4O3. The lowest BCUT2D eigenvalue weighted by molar-refractivity contribution is -0.129. The van der Waals surface area contributed by atoms with E-state index in [2.05, 4.69) is 16.9 Å². The van der Waals surface area contributed by atoms with Gasteiger partial charge in [0.15, 0.2) is 0 Å². The van der Waals surface area contributed by atoms with Crippen molar-refractivity contribution >= 4 is 5.91 Å². The SMILES string of the molecule is COc1ccc(OC)c(CC(=O)N2CC[C@H](c3ncc4c(n3)CCN(C)C4)C2)c1. The first-order valence-corrected chi connectivity index (χ1v) is 10.1. The van der Waals surface area contributed by atoms with E-state index in [-0.39, 0.29) is 11.8 Å². The third-order valence-corrected chi connectivity index (χ3v) is 5.88. The highest BCUT2D eigenvalue weighted by Gasteiger charge is 2.30. The van der Waals surface area contributed by atoms with Crippen molar-refractivity contribution in [3.8, 4) is 11.5 Å². The van der Waals surface area contributed by atoms with Crippen molar-refractivity contribution in [2.45, 2.75) is 31.7 Å². The van der Waals surface area contributed by atoms with Gasteiger partial charge in [0.2, 0.25) is 5.91 Å². The Kier molecular flexibility index (Phi) is 5.67. The van der Waals surface area contributed by atoms with Crippen molar-refractivity contribution in [2.75, 3.05) is 40.9 Å². The van der Waals surface area contributed by atoms with E-state index >= 15 is 0 Å². The number of rotatable bonds is 5. The topological polar surface area (TPSA) is 67.8 Å². The smallest absolute Gasteiger partial charge is 0.227 e. The molecule has 0 bridgehead atoms. The molecule has 1 atom stereocenters. The monoisotopic (exact) mass is 396 g/mol. The number of fused-ring (bicyclic) bond motifs is 1. The molecule has 0 aliphatic carbocycles. The average molecular weight is 396 g/mol. The Bertz CT molecular complexity index is 902. The minimum atomic E-state index is 0.0960. The summed E-state index contributed by atoms with van der Waals surface area (Å²) in [5, 5.41) is 0. The van der Waals surface area contributed by atoms with Gasteiger partial charge < -0.3 is 19.3 Å². The van der Waals surface area contributed by atoms with Crippen LogP contribution in [-0.2, 0) is 24.2 Å². The van der Waals surface area contributed by atoms with Crippen molar-refractivity contribution in [2.24, 2.45) is 0 Å². The summed E-state index contributed by atoms with van der Waals surface area (Å²) in [6.07, 6.45) is 4.13. The fourth-order valence-electron chi connectivity index (χ4n) is 4.16. The highest BCUT2D eigenvalue weighted by Crippen LogP contribution is 2.29. The van der Waals surface area contributed by atoms with Crippen LogP contribution in [0.25, 0.3) is 0 Å². The molecule has 2 aliphatic rings. The predicted octanol–water partition coefficient (Wildman–Crippen LogP) is 2.04. The van der Waals surface area contributed by atoms with Gasteiger partial charge in [0.25, 0.3) is 0 Å². The molecule has 1 saturated heterocycles. The maximum absolute atomic E-state index is 12.9. The van der Waals surface area contributed by atoms with Crippen LogP contribution in [0.4, 0.5) is 0 Å². The Morgan fingerprint density at radius 3 is 2.90 bits per heavy atom. The Hall–Kier alpha value is -2.67. The summed E-state index contributed by atoms with van der Waals surface area (Å²) in [4.78, 5) is 26.6. The number of amides is 1. The van der Waals surface area contributed by atoms with E-state index in [1.54, 1.807) is 14.2 Å². The van der Waals surface area contributed by atoms with E-state index in [9.17, 15) is 4.79 Å². The second kappa shape index (κ2) is 8.37. The first kappa shape index (κ1) is 19.6. The van der Waals surface area contributed by atoms with Crippen molar-refractivity contribution in [1.82, 2.24) is 19.8 Å². The van der Waals surface area contributed by atoms with Gasteiger partial charge in [-0.25, -0.2) is 9.97 Å². The van der Waals surface area contributed by atoms with Gasteiger partial charge >= 0.3 is 0 Å². The van der Waals surface area contributed by atoms with Gasteiger partial charge in [0.05, 0.1) is 20.6 Å². The van der Waals surface area contributed by atoms with Crippen LogP contribution in [-0.4, -0.2) is 66.6 Å². The van der Waals surface area contributed by atoms with Crippen molar-refractivity contribution in [3.63, 3.8) is 0 Å². The number of likely N-dealkylation sites (N-methyl/N-ethyl adjacent to an activating group) is 1. The zero-order valence-electron chi connectivity index (χ0n) is 17.4. The molecule has 1 fully saturated rings. The number of likely N-dealkylation sites (tertiary alicyclic amines) is 1. The molecule has 1 aromatic carbocycles. The standard InChI is InChI=1S/C22H28N4O3/c1-25-8-7-19-17(13-25)12-23-22(24-19)15-6-9-26(14-15)21(27)11-16-10-18(28-2)4-5-20(16)29-3/h4-5,10,12,15H,6-9,11,13-14H2,1-3H3/t15-/m0/s1. The molecule has 2 aliphatic heterocycles. The van der Waals surface area contributed by atoms with Crippen LogP contribution in [0.2, 0.25) is 0 Å². The second-order valence-electron chi connectivity index (χ2n) is 7.87. The van der Waals surface area contributed by atoms with E-state index in [0.717, 1.165) is 49.6 Å². The Morgan fingerprint density at radius 2 is 2.10 bits per heavy atom. The van der Waals surface area contributed by atoms with Crippen LogP contribution in [0, 0.1) is 0 Å². The molecule has 29 heavy (non-hydrogen) atoms. The molecule has 2 aromatic rings. The van der Waals surface area contributed by atoms with Crippen molar-refractivity contribution in [1.29, 1.82) is 0 Å². The Labute approximate surface area is 171 Å². The number of hydrogen-bond acceptors (Lipinski definition) is 6. The van der Waals surface area contributed by atoms with E-state index in [1.165, 1.54) is 11.3 Å². The van der Waals surface area contributed by atoms with Crippen LogP contribution < -0.4 is 9.47 Å². The first-order chi connectivity index (χ1) is 14.1. The highest BCUT2D eigenvalue weighted by molar-refractivity contribution is 5.80. The summed E-state index contributed by atoms with van der Waals surface area (Å²) < 4.78 is 10.7. The molecule has 3 heterocycles. The number of carbonyl (C=O) groups excluding carboxylic acids is 1. The molecule has 7 nitrogen and oxygen atoms in total. The zero-order valence-corrected chi connectivity index (χ0v) is 17.4. The lowest BCUT2D eigenvalue weighted by Gasteiger charge is -2.24. The van der Waals surface area contributed by atoms with Gasteiger partial charge in [-0.15, -0.1) is 0 Å². The summed E-state index contributed by atoms with van der Waals surface area (Å²) in [6.45, 7) is 3.34. The van der Waals surface area contributed by atoms with E-state index < -0.39 is 0 Å². The van der Waals surface area contributed by atoms with Crippen LogP contribution in [0.1, 0.15) is 35.0 Å².